The van der Waals surface area contributed by atoms with Crippen LogP contribution in [0, 0.1) is 17.8 Å². The molecule has 1 spiro atoms. The fraction of sp³-hybridized carbons (Fsp3) is 0.862. The van der Waals surface area contributed by atoms with Crippen LogP contribution in [0.1, 0.15) is 40.0 Å². The number of epoxide rings is 2. The zero-order chi connectivity index (χ0) is 27.4. The fourth-order valence-electron chi connectivity index (χ4n) is 7.75. The molecule has 2 amide bonds. The van der Waals surface area contributed by atoms with Crippen molar-refractivity contribution in [2.75, 3.05) is 72.7 Å². The van der Waals surface area contributed by atoms with Crippen LogP contribution in [-0.2, 0) is 28.5 Å². The molecule has 8 atom stereocenters. The summed E-state index contributed by atoms with van der Waals surface area (Å²) in [5, 5.41) is 0. The predicted octanol–water partition coefficient (Wildman–Crippen LogP) is 1.92. The first-order valence-corrected chi connectivity index (χ1v) is 14.7. The van der Waals surface area contributed by atoms with Gasteiger partial charge in [0.05, 0.1) is 38.4 Å². The lowest BCUT2D eigenvalue weighted by atomic mass is 9.68. The van der Waals surface area contributed by atoms with Gasteiger partial charge in [0.2, 0.25) is 5.91 Å². The van der Waals surface area contributed by atoms with Gasteiger partial charge in [-0.05, 0) is 51.9 Å². The zero-order valence-electron chi connectivity index (χ0n) is 23.9. The van der Waals surface area contributed by atoms with Gasteiger partial charge in [0.1, 0.15) is 23.4 Å². The van der Waals surface area contributed by atoms with Crippen molar-refractivity contribution in [1.82, 2.24) is 14.7 Å². The Kier molecular flexibility index (Phi) is 7.46. The Morgan fingerprint density at radius 1 is 1.05 bits per heavy atom. The Hall–Kier alpha value is -1.72. The van der Waals surface area contributed by atoms with E-state index in [0.717, 1.165) is 32.4 Å². The van der Waals surface area contributed by atoms with Crippen LogP contribution in [0.4, 0.5) is 4.79 Å². The summed E-state index contributed by atoms with van der Waals surface area (Å²) >= 11 is 0. The van der Waals surface area contributed by atoms with Crippen molar-refractivity contribution >= 4 is 12.0 Å². The van der Waals surface area contributed by atoms with Crippen LogP contribution in [0.25, 0.3) is 0 Å². The Labute approximate surface area is 231 Å². The van der Waals surface area contributed by atoms with Gasteiger partial charge in [0, 0.05) is 46.4 Å². The molecule has 5 aliphatic heterocycles. The average molecular weight is 548 g/mol. The molecule has 1 saturated carbocycles. The number of hydrogen-bond acceptors (Lipinski definition) is 8. The highest BCUT2D eigenvalue weighted by Gasteiger charge is 2.72. The summed E-state index contributed by atoms with van der Waals surface area (Å²) in [5.41, 5.74) is 0.706. The van der Waals surface area contributed by atoms with Gasteiger partial charge in [-0.15, -0.1) is 0 Å². The molecule has 0 aromatic rings. The standard InChI is InChI=1S/C29H45N3O7/c1-19(2)5-6-23-28(3,39-23)26-25(35-4)22(7-8-29(26)18-37-29)38-27(34)32-15-20-13-30(14-21(20)16-32)17-24(33)31-9-11-36-12-10-31/h5,20-23,25-26H,6-18H2,1-4H3/t20-,21+,22-,23-,25-,26-,28+,29+/m1/s1. The Balaban J connectivity index is 1.03. The largest absolute Gasteiger partial charge is 0.443 e. The van der Waals surface area contributed by atoms with Gasteiger partial charge < -0.3 is 33.5 Å². The molecule has 0 aromatic heterocycles. The second kappa shape index (κ2) is 10.6. The summed E-state index contributed by atoms with van der Waals surface area (Å²) in [6, 6.07) is 0. The molecule has 0 N–H and O–H groups in total. The first kappa shape index (κ1) is 27.4. The fourth-order valence-corrected chi connectivity index (χ4v) is 7.75. The molecule has 0 bridgehead atoms. The van der Waals surface area contributed by atoms with Crippen molar-refractivity contribution in [2.24, 2.45) is 17.8 Å². The Bertz CT molecular complexity index is 962. The normalized spacial score (nSPS) is 41.4. The Morgan fingerprint density at radius 3 is 2.36 bits per heavy atom. The molecule has 39 heavy (non-hydrogen) atoms. The van der Waals surface area contributed by atoms with Gasteiger partial charge in [-0.1, -0.05) is 11.6 Å². The maximum Gasteiger partial charge on any atom is 0.410 e. The van der Waals surface area contributed by atoms with Gasteiger partial charge in [0.25, 0.3) is 0 Å². The van der Waals surface area contributed by atoms with Crippen molar-refractivity contribution in [2.45, 2.75) is 69.5 Å². The van der Waals surface area contributed by atoms with Crippen molar-refractivity contribution < 1.29 is 33.3 Å². The lowest BCUT2D eigenvalue weighted by molar-refractivity contribution is -0.136. The summed E-state index contributed by atoms with van der Waals surface area (Å²) < 4.78 is 29.9. The number of hydrogen-bond donors (Lipinski definition) is 0. The maximum absolute atomic E-state index is 13.4. The third-order valence-corrected chi connectivity index (χ3v) is 10.0. The molecule has 10 nitrogen and oxygen atoms in total. The van der Waals surface area contributed by atoms with Crippen LogP contribution in [0.3, 0.4) is 0 Å². The summed E-state index contributed by atoms with van der Waals surface area (Å²) in [7, 11) is 1.71. The lowest BCUT2D eigenvalue weighted by Gasteiger charge is -2.43. The number of allylic oxidation sites excluding steroid dienone is 1. The summed E-state index contributed by atoms with van der Waals surface area (Å²) in [6.07, 6.45) is 3.96. The monoisotopic (exact) mass is 547 g/mol. The molecule has 6 rings (SSSR count). The van der Waals surface area contributed by atoms with Crippen LogP contribution in [0.2, 0.25) is 0 Å². The quantitative estimate of drug-likeness (QED) is 0.352. The van der Waals surface area contributed by atoms with E-state index in [-0.39, 0.29) is 47.4 Å². The highest BCUT2D eigenvalue weighted by Crippen LogP contribution is 2.59. The van der Waals surface area contributed by atoms with Gasteiger partial charge in [-0.25, -0.2) is 4.79 Å². The van der Waals surface area contributed by atoms with Gasteiger partial charge in [-0.2, -0.15) is 0 Å². The van der Waals surface area contributed by atoms with E-state index in [1.165, 1.54) is 5.57 Å². The van der Waals surface area contributed by atoms with E-state index in [0.29, 0.717) is 64.4 Å². The predicted molar refractivity (Wildman–Crippen MR) is 142 cm³/mol. The van der Waals surface area contributed by atoms with E-state index >= 15 is 0 Å². The molecule has 5 saturated heterocycles. The number of methoxy groups -OCH3 is 1. The van der Waals surface area contributed by atoms with Crippen molar-refractivity contribution in [3.63, 3.8) is 0 Å². The highest BCUT2D eigenvalue weighted by molar-refractivity contribution is 5.78. The molecule has 5 heterocycles. The number of likely N-dealkylation sites (tertiary alicyclic amines) is 2. The van der Waals surface area contributed by atoms with Gasteiger partial charge in [-0.3, -0.25) is 9.69 Å². The van der Waals surface area contributed by atoms with Crippen molar-refractivity contribution in [3.05, 3.63) is 11.6 Å². The number of morpholine rings is 1. The molecule has 10 heteroatoms. The first-order chi connectivity index (χ1) is 18.7. The molecule has 1 aliphatic carbocycles. The minimum atomic E-state index is -0.346. The number of carbonyl (C=O) groups is 2. The minimum Gasteiger partial charge on any atom is -0.443 e. The molecule has 0 unspecified atom stereocenters. The SMILES string of the molecule is CO[C@@H]1[C@H](OC(=O)N2C[C@H]3CN(CC(=O)N4CCOCC4)C[C@H]3C2)CC[C@]2(CO2)[C@H]1[C@@]1(C)O[C@@H]1CC=C(C)C. The number of carbonyl (C=O) groups excluding carboxylic acids is 2. The summed E-state index contributed by atoms with van der Waals surface area (Å²) in [5.74, 6) is 0.962. The van der Waals surface area contributed by atoms with Crippen molar-refractivity contribution in [1.29, 1.82) is 0 Å². The lowest BCUT2D eigenvalue weighted by Crippen LogP contribution is -2.56. The third kappa shape index (κ3) is 5.35. The average Bonchev–Trinajstić information content (AvgIpc) is 3.73. The third-order valence-electron chi connectivity index (χ3n) is 10.0. The first-order valence-electron chi connectivity index (χ1n) is 14.7. The van der Waals surface area contributed by atoms with E-state index < -0.39 is 0 Å². The Morgan fingerprint density at radius 2 is 1.74 bits per heavy atom. The summed E-state index contributed by atoms with van der Waals surface area (Å²) in [6.45, 7) is 13.2. The summed E-state index contributed by atoms with van der Waals surface area (Å²) in [4.78, 5) is 32.0. The zero-order valence-corrected chi connectivity index (χ0v) is 23.9. The van der Waals surface area contributed by atoms with Crippen molar-refractivity contribution in [3.8, 4) is 0 Å². The molecule has 218 valence electrons. The van der Waals surface area contributed by atoms with Crippen LogP contribution in [0.5, 0.6) is 0 Å². The van der Waals surface area contributed by atoms with Crippen LogP contribution >= 0.6 is 0 Å². The number of nitrogens with zero attached hydrogens (tertiary/aromatic N) is 3. The highest BCUT2D eigenvalue weighted by atomic mass is 16.6. The van der Waals surface area contributed by atoms with E-state index in [4.69, 9.17) is 23.7 Å². The topological polar surface area (TPSA) is 96.6 Å². The second-order valence-corrected chi connectivity index (χ2v) is 12.9. The molecule has 0 radical (unpaired) electrons. The number of amides is 2. The molecule has 0 aromatic carbocycles. The molecule has 6 aliphatic rings. The number of ether oxygens (including phenoxy) is 5. The number of rotatable bonds is 7. The van der Waals surface area contributed by atoms with Crippen LogP contribution in [0.15, 0.2) is 11.6 Å². The van der Waals surface area contributed by atoms with Gasteiger partial charge in [0.15, 0.2) is 0 Å². The van der Waals surface area contributed by atoms with Gasteiger partial charge >= 0.3 is 6.09 Å². The van der Waals surface area contributed by atoms with E-state index in [9.17, 15) is 9.59 Å². The maximum atomic E-state index is 13.4. The van der Waals surface area contributed by atoms with Crippen LogP contribution in [-0.4, -0.2) is 129 Å². The molecule has 6 fully saturated rings. The van der Waals surface area contributed by atoms with E-state index in [2.05, 4.69) is 31.7 Å². The second-order valence-electron chi connectivity index (χ2n) is 12.9. The number of fused-ring (bicyclic) bond motifs is 1. The van der Waals surface area contributed by atoms with Crippen LogP contribution < -0.4 is 0 Å². The molecular formula is C29H45N3O7. The smallest absolute Gasteiger partial charge is 0.410 e. The van der Waals surface area contributed by atoms with E-state index in [1.807, 2.05) is 9.80 Å². The van der Waals surface area contributed by atoms with E-state index in [1.54, 1.807) is 7.11 Å². The molecular weight excluding hydrogens is 502 g/mol. The minimum absolute atomic E-state index is 0.0210.